The van der Waals surface area contributed by atoms with E-state index < -0.39 is 0 Å². The predicted molar refractivity (Wildman–Crippen MR) is 63.5 cm³/mol. The highest BCUT2D eigenvalue weighted by atomic mass is 14.8. The van der Waals surface area contributed by atoms with Crippen LogP contribution in [0.25, 0.3) is 11.1 Å². The highest BCUT2D eigenvalue weighted by Crippen LogP contribution is 2.18. The van der Waals surface area contributed by atoms with Crippen molar-refractivity contribution in [2.75, 3.05) is 7.05 Å². The molecule has 2 aromatic rings. The average Bonchev–Trinajstić information content (AvgIpc) is 2.31. The molecule has 0 saturated heterocycles. The zero-order chi connectivity index (χ0) is 10.5. The standard InChI is InChI=1S/C14H14N/c1-15-11-12-6-5-9-14(10-12)13-7-3-2-4-8-13/h2-9,15H,11H2,1H3. The maximum Gasteiger partial charge on any atom is 0.0208 e. The van der Waals surface area contributed by atoms with Gasteiger partial charge in [0.2, 0.25) is 0 Å². The van der Waals surface area contributed by atoms with Crippen LogP contribution in [0.15, 0.2) is 48.5 Å². The van der Waals surface area contributed by atoms with Crippen molar-refractivity contribution in [2.24, 2.45) is 0 Å². The van der Waals surface area contributed by atoms with Crippen LogP contribution in [-0.4, -0.2) is 7.05 Å². The zero-order valence-electron chi connectivity index (χ0n) is 8.83. The highest BCUT2D eigenvalue weighted by molar-refractivity contribution is 5.63. The maximum absolute atomic E-state index is 3.40. The van der Waals surface area contributed by atoms with E-state index in [1.165, 1.54) is 11.1 Å². The van der Waals surface area contributed by atoms with Gasteiger partial charge in [-0.3, -0.25) is 0 Å². The maximum atomic E-state index is 3.40. The van der Waals surface area contributed by atoms with E-state index >= 15 is 0 Å². The number of hydrogen-bond donors (Lipinski definition) is 1. The van der Waals surface area contributed by atoms with Gasteiger partial charge in [0, 0.05) is 6.54 Å². The topological polar surface area (TPSA) is 12.0 Å². The lowest BCUT2D eigenvalue weighted by molar-refractivity contribution is 0.817. The first-order valence-corrected chi connectivity index (χ1v) is 5.11. The molecule has 0 atom stereocenters. The summed E-state index contributed by atoms with van der Waals surface area (Å²) < 4.78 is 0. The molecule has 1 nitrogen and oxygen atoms in total. The lowest BCUT2D eigenvalue weighted by Crippen LogP contribution is -2.04. The molecule has 0 aromatic heterocycles. The Balaban J connectivity index is 2.33. The van der Waals surface area contributed by atoms with Crippen LogP contribution in [-0.2, 0) is 6.54 Å². The summed E-state index contributed by atoms with van der Waals surface area (Å²) in [6.45, 7) is 0.862. The Morgan fingerprint density at radius 1 is 1.00 bits per heavy atom. The van der Waals surface area contributed by atoms with Crippen LogP contribution < -0.4 is 5.32 Å². The monoisotopic (exact) mass is 196 g/mol. The molecule has 1 N–H and O–H groups in total. The lowest BCUT2D eigenvalue weighted by Gasteiger charge is -2.04. The molecular weight excluding hydrogens is 182 g/mol. The minimum absolute atomic E-state index is 0.862. The van der Waals surface area contributed by atoms with Crippen LogP contribution in [0.1, 0.15) is 5.56 Å². The Kier molecular flexibility index (Phi) is 3.15. The van der Waals surface area contributed by atoms with E-state index in [0.717, 1.165) is 12.1 Å². The second kappa shape index (κ2) is 4.76. The van der Waals surface area contributed by atoms with Crippen LogP contribution in [0.2, 0.25) is 0 Å². The molecule has 1 heteroatoms. The van der Waals surface area contributed by atoms with Crippen LogP contribution in [0.4, 0.5) is 0 Å². The molecule has 0 aliphatic heterocycles. The second-order valence-electron chi connectivity index (χ2n) is 3.49. The van der Waals surface area contributed by atoms with E-state index in [1.807, 2.05) is 25.2 Å². The van der Waals surface area contributed by atoms with Gasteiger partial charge in [-0.15, -0.1) is 0 Å². The Bertz CT molecular complexity index is 420. The highest BCUT2D eigenvalue weighted by Gasteiger charge is 1.98. The molecule has 2 rings (SSSR count). The van der Waals surface area contributed by atoms with Gasteiger partial charge < -0.3 is 5.32 Å². The van der Waals surface area contributed by atoms with E-state index in [9.17, 15) is 0 Å². The summed E-state index contributed by atoms with van der Waals surface area (Å²) in [5, 5.41) is 3.13. The molecule has 2 aromatic carbocycles. The van der Waals surface area contributed by atoms with Gasteiger partial charge >= 0.3 is 0 Å². The second-order valence-corrected chi connectivity index (χ2v) is 3.49. The van der Waals surface area contributed by atoms with Crippen molar-refractivity contribution in [3.8, 4) is 11.1 Å². The number of nitrogens with one attached hydrogen (secondary N) is 1. The summed E-state index contributed by atoms with van der Waals surface area (Å²) in [5.74, 6) is 0. The van der Waals surface area contributed by atoms with Crippen LogP contribution in [0.5, 0.6) is 0 Å². The number of hydrogen-bond acceptors (Lipinski definition) is 1. The van der Waals surface area contributed by atoms with E-state index in [1.54, 1.807) is 0 Å². The van der Waals surface area contributed by atoms with Gasteiger partial charge in [0.1, 0.15) is 0 Å². The summed E-state index contributed by atoms with van der Waals surface area (Å²) in [7, 11) is 1.95. The van der Waals surface area contributed by atoms with Crippen LogP contribution >= 0.6 is 0 Å². The lowest BCUT2D eigenvalue weighted by atomic mass is 10.0. The molecule has 0 bridgehead atoms. The van der Waals surface area contributed by atoms with E-state index in [-0.39, 0.29) is 0 Å². The molecule has 1 radical (unpaired) electrons. The van der Waals surface area contributed by atoms with Gasteiger partial charge in [-0.25, -0.2) is 0 Å². The van der Waals surface area contributed by atoms with E-state index in [2.05, 4.69) is 41.7 Å². The van der Waals surface area contributed by atoms with Crippen molar-refractivity contribution in [2.45, 2.75) is 6.54 Å². The minimum atomic E-state index is 0.862. The Hall–Kier alpha value is -1.60. The van der Waals surface area contributed by atoms with Crippen LogP contribution in [0, 0.1) is 6.07 Å². The van der Waals surface area contributed by atoms with Crippen molar-refractivity contribution < 1.29 is 0 Å². The third-order valence-electron chi connectivity index (χ3n) is 2.31. The molecule has 0 amide bonds. The third-order valence-corrected chi connectivity index (χ3v) is 2.31. The largest absolute Gasteiger partial charge is 0.316 e. The molecule has 15 heavy (non-hydrogen) atoms. The summed E-state index contributed by atoms with van der Waals surface area (Å²) in [6.07, 6.45) is 0. The van der Waals surface area contributed by atoms with Crippen molar-refractivity contribution in [1.82, 2.24) is 5.32 Å². The summed E-state index contributed by atoms with van der Waals surface area (Å²) >= 11 is 0. The Morgan fingerprint density at radius 3 is 2.53 bits per heavy atom. The van der Waals surface area contributed by atoms with Crippen molar-refractivity contribution in [3.05, 3.63) is 60.2 Å². The first-order chi connectivity index (χ1) is 7.40. The molecule has 75 valence electrons. The Morgan fingerprint density at radius 2 is 1.80 bits per heavy atom. The molecule has 0 spiro atoms. The van der Waals surface area contributed by atoms with Gasteiger partial charge in [-0.05, 0) is 29.8 Å². The van der Waals surface area contributed by atoms with Gasteiger partial charge in [0.25, 0.3) is 0 Å². The first kappa shape index (κ1) is 9.94. The minimum Gasteiger partial charge on any atom is -0.316 e. The zero-order valence-corrected chi connectivity index (χ0v) is 8.83. The summed E-state index contributed by atoms with van der Waals surface area (Å²) in [5.41, 5.74) is 3.57. The SMILES string of the molecule is CNCc1[c]c(-c2ccccc2)ccc1. The van der Waals surface area contributed by atoms with Gasteiger partial charge in [0.15, 0.2) is 0 Å². The van der Waals surface area contributed by atoms with Gasteiger partial charge in [-0.2, -0.15) is 0 Å². The number of rotatable bonds is 3. The van der Waals surface area contributed by atoms with Crippen molar-refractivity contribution >= 4 is 0 Å². The van der Waals surface area contributed by atoms with Crippen molar-refractivity contribution in [1.29, 1.82) is 0 Å². The normalized spacial score (nSPS) is 10.2. The third kappa shape index (κ3) is 2.45. The van der Waals surface area contributed by atoms with Crippen LogP contribution in [0.3, 0.4) is 0 Å². The number of benzene rings is 2. The molecule has 0 saturated carbocycles. The van der Waals surface area contributed by atoms with Crippen molar-refractivity contribution in [3.63, 3.8) is 0 Å². The fourth-order valence-corrected chi connectivity index (χ4v) is 1.60. The molecule has 0 aliphatic carbocycles. The fourth-order valence-electron chi connectivity index (χ4n) is 1.60. The average molecular weight is 196 g/mol. The molecule has 0 unspecified atom stereocenters. The molecule has 0 fully saturated rings. The predicted octanol–water partition coefficient (Wildman–Crippen LogP) is 2.87. The van der Waals surface area contributed by atoms with E-state index in [0.29, 0.717) is 0 Å². The smallest absolute Gasteiger partial charge is 0.0208 e. The molecule has 0 heterocycles. The van der Waals surface area contributed by atoms with Gasteiger partial charge in [0.05, 0.1) is 0 Å². The summed E-state index contributed by atoms with van der Waals surface area (Å²) in [6, 6.07) is 20.0. The summed E-state index contributed by atoms with van der Waals surface area (Å²) in [4.78, 5) is 0. The quantitative estimate of drug-likeness (QED) is 0.796. The first-order valence-electron chi connectivity index (χ1n) is 5.11. The Labute approximate surface area is 90.8 Å². The fraction of sp³-hybridized carbons (Fsp3) is 0.143. The van der Waals surface area contributed by atoms with E-state index in [4.69, 9.17) is 0 Å². The molecule has 0 aliphatic rings. The molecular formula is C14H14N. The van der Waals surface area contributed by atoms with Gasteiger partial charge in [-0.1, -0.05) is 48.5 Å².